The van der Waals surface area contributed by atoms with Crippen LogP contribution in [0.15, 0.2) is 28.9 Å². The second kappa shape index (κ2) is 10.7. The van der Waals surface area contributed by atoms with Gasteiger partial charge in [0, 0.05) is 22.8 Å². The summed E-state index contributed by atoms with van der Waals surface area (Å²) < 4.78 is 34.3. The van der Waals surface area contributed by atoms with Crippen LogP contribution in [0.5, 0.6) is 0 Å². The van der Waals surface area contributed by atoms with Crippen molar-refractivity contribution in [3.63, 3.8) is 0 Å². The number of Topliss-reactive ketones (excluding diaryl/α,β-unsaturated/α-hetero) is 1. The van der Waals surface area contributed by atoms with E-state index in [9.17, 15) is 13.6 Å². The van der Waals surface area contributed by atoms with E-state index in [1.54, 1.807) is 6.26 Å². The van der Waals surface area contributed by atoms with Gasteiger partial charge in [0.25, 0.3) is 0 Å². The first-order chi connectivity index (χ1) is 13.9. The summed E-state index contributed by atoms with van der Waals surface area (Å²) in [6.07, 6.45) is 5.56. The average molecular weight is 487 g/mol. The predicted molar refractivity (Wildman–Crippen MR) is 116 cm³/mol. The minimum atomic E-state index is -1.18. The SMILES string of the molecule is CS.N=C(C(=O)c1c(F)ccc(N)c1F)c1cc(Br)cnc1NC1CCCCO1. The number of thiol groups is 1. The summed E-state index contributed by atoms with van der Waals surface area (Å²) in [6, 6.07) is 3.41. The molecule has 1 unspecified atom stereocenters. The molecule has 156 valence electrons. The third-order valence-corrected chi connectivity index (χ3v) is 4.61. The van der Waals surface area contributed by atoms with Gasteiger partial charge in [-0.3, -0.25) is 10.2 Å². The number of nitrogen functional groups attached to an aromatic ring is 1. The van der Waals surface area contributed by atoms with E-state index < -0.39 is 28.7 Å². The van der Waals surface area contributed by atoms with Crippen molar-refractivity contribution in [2.45, 2.75) is 25.5 Å². The Kier molecular flexibility index (Phi) is 8.54. The van der Waals surface area contributed by atoms with Gasteiger partial charge in [0.1, 0.15) is 23.6 Å². The zero-order valence-electron chi connectivity index (χ0n) is 15.6. The second-order valence-electron chi connectivity index (χ2n) is 6.08. The highest BCUT2D eigenvalue weighted by molar-refractivity contribution is 9.10. The van der Waals surface area contributed by atoms with Gasteiger partial charge >= 0.3 is 0 Å². The van der Waals surface area contributed by atoms with Crippen LogP contribution in [0.1, 0.15) is 35.2 Å². The lowest BCUT2D eigenvalue weighted by atomic mass is 9.99. The molecule has 0 bridgehead atoms. The number of nitrogens with two attached hydrogens (primary N) is 1. The molecule has 1 aliphatic rings. The summed E-state index contributed by atoms with van der Waals surface area (Å²) in [4.78, 5) is 16.8. The predicted octanol–water partition coefficient (Wildman–Crippen LogP) is 4.44. The molecule has 1 aromatic heterocycles. The zero-order valence-corrected chi connectivity index (χ0v) is 18.1. The van der Waals surface area contributed by atoms with Gasteiger partial charge in [0.2, 0.25) is 5.78 Å². The smallest absolute Gasteiger partial charge is 0.217 e. The van der Waals surface area contributed by atoms with Gasteiger partial charge in [-0.1, -0.05) is 0 Å². The standard InChI is InChI=1S/C18H17BrF2N4O2.CH4S/c19-9-7-10(18(24-8-9)25-13-3-1-2-6-27-13)16(23)17(26)14-11(20)4-5-12(22)15(14)21;1-2/h4-5,7-8,13,23H,1-3,6,22H2,(H,24,25);2H,1H3. The van der Waals surface area contributed by atoms with Crippen molar-refractivity contribution in [1.29, 1.82) is 5.41 Å². The molecule has 0 aliphatic carbocycles. The van der Waals surface area contributed by atoms with E-state index in [4.69, 9.17) is 15.9 Å². The first-order valence-electron chi connectivity index (χ1n) is 8.74. The molecule has 6 nitrogen and oxygen atoms in total. The van der Waals surface area contributed by atoms with Crippen LogP contribution in [0, 0.1) is 17.0 Å². The van der Waals surface area contributed by atoms with Gasteiger partial charge in [0.15, 0.2) is 5.82 Å². The lowest BCUT2D eigenvalue weighted by Crippen LogP contribution is -2.29. The van der Waals surface area contributed by atoms with E-state index in [0.29, 0.717) is 11.1 Å². The van der Waals surface area contributed by atoms with Crippen molar-refractivity contribution in [1.82, 2.24) is 4.98 Å². The van der Waals surface area contributed by atoms with Crippen molar-refractivity contribution < 1.29 is 18.3 Å². The molecule has 4 N–H and O–H groups in total. The Morgan fingerprint density at radius 3 is 2.76 bits per heavy atom. The van der Waals surface area contributed by atoms with Crippen molar-refractivity contribution in [2.24, 2.45) is 0 Å². The molecule has 1 saturated heterocycles. The van der Waals surface area contributed by atoms with E-state index in [1.165, 1.54) is 12.3 Å². The van der Waals surface area contributed by atoms with E-state index >= 15 is 0 Å². The molecule has 0 spiro atoms. The Labute approximate surface area is 181 Å². The van der Waals surface area contributed by atoms with Crippen LogP contribution in [0.25, 0.3) is 0 Å². The van der Waals surface area contributed by atoms with E-state index in [1.807, 2.05) is 0 Å². The Bertz CT molecular complexity index is 908. The number of halogens is 3. The largest absolute Gasteiger partial charge is 0.396 e. The summed E-state index contributed by atoms with van der Waals surface area (Å²) >= 11 is 6.77. The van der Waals surface area contributed by atoms with Crippen LogP contribution >= 0.6 is 28.6 Å². The summed E-state index contributed by atoms with van der Waals surface area (Å²) in [7, 11) is 0. The number of ether oxygens (including phenoxy) is 1. The third kappa shape index (κ3) is 5.52. The molecule has 29 heavy (non-hydrogen) atoms. The molecule has 0 radical (unpaired) electrons. The van der Waals surface area contributed by atoms with Crippen molar-refractivity contribution in [2.75, 3.05) is 23.9 Å². The highest BCUT2D eigenvalue weighted by Crippen LogP contribution is 2.25. The van der Waals surface area contributed by atoms with E-state index in [0.717, 1.165) is 31.4 Å². The number of benzene rings is 1. The molecular weight excluding hydrogens is 466 g/mol. The normalized spacial score (nSPS) is 15.8. The number of rotatable bonds is 5. The number of nitrogens with zero attached hydrogens (tertiary/aromatic N) is 1. The summed E-state index contributed by atoms with van der Waals surface area (Å²) in [5.74, 6) is -3.15. The third-order valence-electron chi connectivity index (χ3n) is 4.18. The lowest BCUT2D eigenvalue weighted by molar-refractivity contribution is 0.0341. The highest BCUT2D eigenvalue weighted by atomic mass is 79.9. The molecule has 0 saturated carbocycles. The summed E-state index contributed by atoms with van der Waals surface area (Å²) in [5, 5.41) is 11.3. The molecule has 1 aromatic carbocycles. The van der Waals surface area contributed by atoms with Crippen molar-refractivity contribution >= 4 is 51.6 Å². The minimum absolute atomic E-state index is 0.102. The maximum absolute atomic E-state index is 14.2. The summed E-state index contributed by atoms with van der Waals surface area (Å²) in [6.45, 7) is 0.597. The number of pyridine rings is 1. The quantitative estimate of drug-likeness (QED) is 0.216. The van der Waals surface area contributed by atoms with E-state index in [2.05, 4.69) is 38.9 Å². The van der Waals surface area contributed by atoms with Crippen LogP contribution in [-0.2, 0) is 4.74 Å². The van der Waals surface area contributed by atoms with Crippen molar-refractivity contribution in [3.05, 3.63) is 51.6 Å². The van der Waals surface area contributed by atoms with Crippen LogP contribution in [0.3, 0.4) is 0 Å². The molecule has 1 fully saturated rings. The first-order valence-corrected chi connectivity index (χ1v) is 10.4. The fourth-order valence-corrected chi connectivity index (χ4v) is 3.11. The Morgan fingerprint density at radius 1 is 1.38 bits per heavy atom. The molecule has 0 amide bonds. The van der Waals surface area contributed by atoms with Crippen LogP contribution in [-0.4, -0.2) is 35.6 Å². The summed E-state index contributed by atoms with van der Waals surface area (Å²) in [5.41, 5.74) is 3.70. The van der Waals surface area contributed by atoms with E-state index in [-0.39, 0.29) is 23.3 Å². The highest BCUT2D eigenvalue weighted by Gasteiger charge is 2.27. The van der Waals surface area contributed by atoms with Gasteiger partial charge in [-0.2, -0.15) is 12.6 Å². The molecular formula is C19H21BrF2N4O2S. The topological polar surface area (TPSA) is 101 Å². The molecule has 1 aliphatic heterocycles. The maximum Gasteiger partial charge on any atom is 0.217 e. The first kappa shape index (κ1) is 23.2. The number of carbonyl (C=O) groups excluding carboxylic acids is 1. The monoisotopic (exact) mass is 486 g/mol. The van der Waals surface area contributed by atoms with Gasteiger partial charge in [-0.15, -0.1) is 0 Å². The molecule has 1 atom stereocenters. The second-order valence-corrected chi connectivity index (χ2v) is 6.99. The van der Waals surface area contributed by atoms with Gasteiger partial charge in [-0.05, 0) is 59.6 Å². The van der Waals surface area contributed by atoms with Gasteiger partial charge in [0.05, 0.1) is 11.3 Å². The Balaban J connectivity index is 0.00000145. The van der Waals surface area contributed by atoms with Gasteiger partial charge in [-0.25, -0.2) is 13.8 Å². The van der Waals surface area contributed by atoms with Crippen LogP contribution < -0.4 is 11.1 Å². The molecule has 3 rings (SSSR count). The number of hydrogen-bond acceptors (Lipinski definition) is 7. The average Bonchev–Trinajstić information content (AvgIpc) is 2.74. The minimum Gasteiger partial charge on any atom is -0.396 e. The fraction of sp³-hybridized carbons (Fsp3) is 0.316. The van der Waals surface area contributed by atoms with Gasteiger partial charge < -0.3 is 15.8 Å². The maximum atomic E-state index is 14.2. The molecule has 10 heteroatoms. The number of carbonyl (C=O) groups is 1. The number of hydrogen-bond donors (Lipinski definition) is 4. The number of ketones is 1. The molecule has 2 aromatic rings. The number of nitrogens with one attached hydrogen (secondary N) is 2. The number of aromatic nitrogens is 1. The lowest BCUT2D eigenvalue weighted by Gasteiger charge is -2.25. The Hall–Kier alpha value is -2.04. The fourth-order valence-electron chi connectivity index (χ4n) is 2.78. The molecule has 2 heterocycles. The Morgan fingerprint density at radius 2 is 2.10 bits per heavy atom. The van der Waals surface area contributed by atoms with Crippen LogP contribution in [0.4, 0.5) is 20.3 Å². The zero-order chi connectivity index (χ0) is 21.6. The number of anilines is 2. The van der Waals surface area contributed by atoms with Crippen molar-refractivity contribution in [3.8, 4) is 0 Å². The van der Waals surface area contributed by atoms with Crippen LogP contribution in [0.2, 0.25) is 0 Å².